The molecule has 1 aliphatic carbocycles. The predicted octanol–water partition coefficient (Wildman–Crippen LogP) is 4.58. The molecule has 0 bridgehead atoms. The van der Waals surface area contributed by atoms with E-state index in [1.54, 1.807) is 6.07 Å². The van der Waals surface area contributed by atoms with E-state index in [4.69, 9.17) is 5.73 Å². The first-order chi connectivity index (χ1) is 14.3. The zero-order valence-corrected chi connectivity index (χ0v) is 17.5. The summed E-state index contributed by atoms with van der Waals surface area (Å²) in [5, 5.41) is 21.1. The molecule has 2 aromatic rings. The lowest BCUT2D eigenvalue weighted by molar-refractivity contribution is -0.380. The van der Waals surface area contributed by atoms with Gasteiger partial charge in [-0.1, -0.05) is 17.4 Å². The molecule has 1 atom stereocenters. The molecule has 1 aromatic carbocycles. The van der Waals surface area contributed by atoms with E-state index >= 15 is 0 Å². The number of benzene rings is 1. The van der Waals surface area contributed by atoms with Crippen molar-refractivity contribution < 1.29 is 9.72 Å². The van der Waals surface area contributed by atoms with Gasteiger partial charge in [0.2, 0.25) is 0 Å². The fourth-order valence-electron chi connectivity index (χ4n) is 4.34. The molecular formula is C22H20N4O3S. The van der Waals surface area contributed by atoms with Gasteiger partial charge in [0.1, 0.15) is 5.82 Å². The number of nitro groups is 1. The lowest BCUT2D eigenvalue weighted by atomic mass is 9.78. The third kappa shape index (κ3) is 3.17. The van der Waals surface area contributed by atoms with Crippen LogP contribution in [0.1, 0.15) is 41.2 Å². The molecule has 0 amide bonds. The molecule has 1 aromatic heterocycles. The minimum atomic E-state index is -0.668. The quantitative estimate of drug-likeness (QED) is 0.574. The molecule has 8 heteroatoms. The maximum Gasteiger partial charge on any atom is 0.324 e. The number of ketones is 1. The monoisotopic (exact) mass is 420 g/mol. The van der Waals surface area contributed by atoms with E-state index in [1.165, 1.54) is 6.07 Å². The number of hydrogen-bond acceptors (Lipinski definition) is 7. The number of hydrogen-bond donors (Lipinski definition) is 1. The van der Waals surface area contributed by atoms with Crippen molar-refractivity contribution in [1.29, 1.82) is 5.26 Å². The maximum atomic E-state index is 13.0. The first kappa shape index (κ1) is 19.9. The summed E-state index contributed by atoms with van der Waals surface area (Å²) < 4.78 is 0. The van der Waals surface area contributed by atoms with Gasteiger partial charge in [-0.25, -0.2) is 0 Å². The van der Waals surface area contributed by atoms with Crippen LogP contribution in [0.25, 0.3) is 0 Å². The van der Waals surface area contributed by atoms with Gasteiger partial charge in [0.15, 0.2) is 5.78 Å². The average Bonchev–Trinajstić information content (AvgIpc) is 3.16. The number of anilines is 1. The van der Waals surface area contributed by atoms with Crippen LogP contribution in [0.5, 0.6) is 0 Å². The number of thiophene rings is 1. The zero-order chi connectivity index (χ0) is 21.6. The number of nitriles is 1. The van der Waals surface area contributed by atoms with Crippen molar-refractivity contribution in [3.05, 3.63) is 79.1 Å². The van der Waals surface area contributed by atoms with Gasteiger partial charge >= 0.3 is 5.00 Å². The molecule has 0 fully saturated rings. The van der Waals surface area contributed by atoms with Gasteiger partial charge < -0.3 is 5.73 Å². The molecule has 0 saturated carbocycles. The lowest BCUT2D eigenvalue weighted by Gasteiger charge is -2.39. The summed E-state index contributed by atoms with van der Waals surface area (Å²) in [4.78, 5) is 26.2. The number of nitrogens with two attached hydrogens (primary N) is 1. The van der Waals surface area contributed by atoms with Crippen molar-refractivity contribution in [2.45, 2.75) is 39.0 Å². The third-order valence-corrected chi connectivity index (χ3v) is 6.56. The van der Waals surface area contributed by atoms with Crippen molar-refractivity contribution >= 4 is 27.8 Å². The number of carbonyl (C=O) groups is 1. The van der Waals surface area contributed by atoms with Crippen molar-refractivity contribution in [2.24, 2.45) is 5.73 Å². The Bertz CT molecular complexity index is 1160. The summed E-state index contributed by atoms with van der Waals surface area (Å²) in [6.07, 6.45) is 1.74. The first-order valence-corrected chi connectivity index (χ1v) is 10.4. The summed E-state index contributed by atoms with van der Waals surface area (Å²) in [7, 11) is 0. The minimum Gasteiger partial charge on any atom is -0.384 e. The normalized spacial score (nSPS) is 19.0. The Morgan fingerprint density at radius 3 is 2.53 bits per heavy atom. The Morgan fingerprint density at radius 2 is 1.93 bits per heavy atom. The molecule has 2 N–H and O–H groups in total. The minimum absolute atomic E-state index is 0.0250. The van der Waals surface area contributed by atoms with Crippen LogP contribution in [-0.2, 0) is 4.79 Å². The van der Waals surface area contributed by atoms with Gasteiger partial charge in [-0.3, -0.25) is 19.8 Å². The fraction of sp³-hybridized carbons (Fsp3) is 0.273. The molecule has 0 spiro atoms. The van der Waals surface area contributed by atoms with E-state index in [0.717, 1.165) is 33.8 Å². The zero-order valence-electron chi connectivity index (χ0n) is 16.6. The van der Waals surface area contributed by atoms with Gasteiger partial charge in [-0.05, 0) is 56.0 Å². The molecular weight excluding hydrogens is 400 g/mol. The van der Waals surface area contributed by atoms with Crippen LogP contribution in [0.2, 0.25) is 0 Å². The largest absolute Gasteiger partial charge is 0.384 e. The molecule has 7 nitrogen and oxygen atoms in total. The van der Waals surface area contributed by atoms with Crippen LogP contribution in [0.4, 0.5) is 10.7 Å². The van der Waals surface area contributed by atoms with Crippen LogP contribution in [0.3, 0.4) is 0 Å². The molecule has 0 saturated heterocycles. The standard InChI is InChI=1S/C22H20N4O3S/c1-12-8-13(2)10-14(9-12)25-16-4-3-5-17(27)21(16)20(15(11-23)22(25)24)18-6-7-19(30-18)26(28)29/h6-10,20H,3-5,24H2,1-2H3/t20-/m1/s1. The summed E-state index contributed by atoms with van der Waals surface area (Å²) in [6, 6.07) is 11.2. The van der Waals surface area contributed by atoms with Gasteiger partial charge in [0, 0.05) is 34.3 Å². The van der Waals surface area contributed by atoms with E-state index in [9.17, 15) is 20.2 Å². The second kappa shape index (κ2) is 7.43. The van der Waals surface area contributed by atoms with E-state index in [2.05, 4.69) is 6.07 Å². The third-order valence-electron chi connectivity index (χ3n) is 5.46. The maximum absolute atomic E-state index is 13.0. The second-order valence-corrected chi connectivity index (χ2v) is 8.69. The summed E-state index contributed by atoms with van der Waals surface area (Å²) in [6.45, 7) is 3.97. The topological polar surface area (TPSA) is 113 Å². The van der Waals surface area contributed by atoms with Gasteiger partial charge in [-0.2, -0.15) is 5.26 Å². The van der Waals surface area contributed by atoms with Crippen molar-refractivity contribution in [3.8, 4) is 6.07 Å². The molecule has 2 heterocycles. The lowest BCUT2D eigenvalue weighted by Crippen LogP contribution is -2.38. The predicted molar refractivity (Wildman–Crippen MR) is 115 cm³/mol. The smallest absolute Gasteiger partial charge is 0.324 e. The SMILES string of the molecule is Cc1cc(C)cc(N2C(N)=C(C#N)[C@H](c3ccc([N+](=O)[O-])s3)C3=C2CCCC3=O)c1. The van der Waals surface area contributed by atoms with Gasteiger partial charge in [-0.15, -0.1) is 0 Å². The van der Waals surface area contributed by atoms with Crippen LogP contribution in [0.15, 0.2) is 53.0 Å². The first-order valence-electron chi connectivity index (χ1n) is 9.60. The van der Waals surface area contributed by atoms with Crippen LogP contribution >= 0.6 is 11.3 Å². The highest BCUT2D eigenvalue weighted by atomic mass is 32.1. The van der Waals surface area contributed by atoms with Gasteiger partial charge in [0.25, 0.3) is 0 Å². The van der Waals surface area contributed by atoms with E-state index in [0.29, 0.717) is 29.7 Å². The molecule has 152 valence electrons. The molecule has 2 aliphatic rings. The molecule has 1 aliphatic heterocycles. The summed E-state index contributed by atoms with van der Waals surface area (Å²) >= 11 is 0.984. The van der Waals surface area contributed by atoms with E-state index in [-0.39, 0.29) is 22.2 Å². The highest BCUT2D eigenvalue weighted by Gasteiger charge is 2.41. The molecule has 0 unspecified atom stereocenters. The number of carbonyl (C=O) groups excluding carboxylic acids is 1. The number of Topliss-reactive ketones (excluding diaryl/α,β-unsaturated/α-hetero) is 1. The van der Waals surface area contributed by atoms with Crippen molar-refractivity contribution in [3.63, 3.8) is 0 Å². The highest BCUT2D eigenvalue weighted by Crippen LogP contribution is 2.48. The highest BCUT2D eigenvalue weighted by molar-refractivity contribution is 7.15. The number of allylic oxidation sites excluding steroid dienone is 3. The van der Waals surface area contributed by atoms with E-state index < -0.39 is 10.8 Å². The summed E-state index contributed by atoms with van der Waals surface area (Å²) in [5.41, 5.74) is 11.0. The summed E-state index contributed by atoms with van der Waals surface area (Å²) in [5.74, 6) is -0.428. The number of aryl methyl sites for hydroxylation is 2. The average molecular weight is 420 g/mol. The van der Waals surface area contributed by atoms with Crippen LogP contribution in [-0.4, -0.2) is 10.7 Å². The second-order valence-electron chi connectivity index (χ2n) is 7.60. The van der Waals surface area contributed by atoms with E-state index in [1.807, 2.05) is 36.9 Å². The fourth-order valence-corrected chi connectivity index (χ4v) is 5.28. The number of nitrogens with zero attached hydrogens (tertiary/aromatic N) is 3. The molecule has 4 rings (SSSR count). The Morgan fingerprint density at radius 1 is 1.23 bits per heavy atom. The Hall–Kier alpha value is -3.44. The van der Waals surface area contributed by atoms with Gasteiger partial charge in [0.05, 0.1) is 22.5 Å². The van der Waals surface area contributed by atoms with Crippen LogP contribution in [0, 0.1) is 35.3 Å². The number of rotatable bonds is 3. The molecule has 30 heavy (non-hydrogen) atoms. The molecule has 0 radical (unpaired) electrons. The van der Waals surface area contributed by atoms with Crippen molar-refractivity contribution in [1.82, 2.24) is 0 Å². The Kier molecular flexibility index (Phi) is 4.92. The Labute approximate surface area is 177 Å². The van der Waals surface area contributed by atoms with Crippen molar-refractivity contribution in [2.75, 3.05) is 4.90 Å². The Balaban J connectivity index is 1.96. The van der Waals surface area contributed by atoms with Crippen LogP contribution < -0.4 is 10.6 Å².